The van der Waals surface area contributed by atoms with Gasteiger partial charge in [0, 0.05) is 30.4 Å². The van der Waals surface area contributed by atoms with Gasteiger partial charge in [-0.3, -0.25) is 0 Å². The fourth-order valence-electron chi connectivity index (χ4n) is 3.59. The molecule has 1 heterocycles. The third-order valence-electron chi connectivity index (χ3n) is 5.24. The first-order valence-corrected chi connectivity index (χ1v) is 12.1. The van der Waals surface area contributed by atoms with Gasteiger partial charge >= 0.3 is 0 Å². The van der Waals surface area contributed by atoms with Gasteiger partial charge in [0.25, 0.3) is 0 Å². The number of rotatable bonds is 9. The van der Waals surface area contributed by atoms with E-state index in [1.807, 2.05) is 30.6 Å². The molecule has 2 aliphatic rings. The number of nitrogens with zero attached hydrogens (tertiary/aromatic N) is 2. The van der Waals surface area contributed by atoms with Crippen LogP contribution in [0.1, 0.15) is 57.9 Å². The molecule has 34 heavy (non-hydrogen) atoms. The first-order valence-electron chi connectivity index (χ1n) is 11.7. The molecule has 1 aromatic heterocycles. The Bertz CT molecular complexity index is 1040. The van der Waals surface area contributed by atoms with Crippen LogP contribution in [-0.2, 0) is 11.3 Å². The molecule has 3 nitrogen and oxygen atoms in total. The normalized spacial score (nSPS) is 19.4. The van der Waals surface area contributed by atoms with Crippen molar-refractivity contribution in [1.82, 2.24) is 9.55 Å². The average Bonchev–Trinajstić information content (AvgIpc) is 3.12. The van der Waals surface area contributed by atoms with Gasteiger partial charge in [-0.2, -0.15) is 0 Å². The van der Waals surface area contributed by atoms with Crippen molar-refractivity contribution in [3.63, 3.8) is 0 Å². The van der Waals surface area contributed by atoms with Gasteiger partial charge in [0.1, 0.15) is 5.76 Å². The maximum absolute atomic E-state index is 6.56. The Morgan fingerprint density at radius 2 is 2.00 bits per heavy atom. The maximum atomic E-state index is 6.56. The molecule has 1 aromatic rings. The van der Waals surface area contributed by atoms with E-state index in [1.165, 1.54) is 5.57 Å². The van der Waals surface area contributed by atoms with Crippen LogP contribution in [0.25, 0.3) is 0 Å². The highest BCUT2D eigenvalue weighted by molar-refractivity contribution is 6.29. The van der Waals surface area contributed by atoms with Crippen LogP contribution in [0.4, 0.5) is 0 Å². The minimum absolute atomic E-state index is 0.298. The van der Waals surface area contributed by atoms with Crippen molar-refractivity contribution in [2.75, 3.05) is 0 Å². The van der Waals surface area contributed by atoms with E-state index in [4.69, 9.17) is 21.3 Å². The summed E-state index contributed by atoms with van der Waals surface area (Å²) in [4.78, 5) is 4.73. The monoisotopic (exact) mass is 474 g/mol. The highest BCUT2D eigenvalue weighted by atomic mass is 35.5. The number of ether oxygens (including phenoxy) is 1. The molecule has 3 rings (SSSR count). The van der Waals surface area contributed by atoms with Gasteiger partial charge in [-0.25, -0.2) is 4.98 Å². The van der Waals surface area contributed by atoms with E-state index in [9.17, 15) is 0 Å². The Balaban J connectivity index is 0.00000199. The number of allylic oxidation sites excluding steroid dienone is 13. The number of hydrogen-bond acceptors (Lipinski definition) is 2. The fraction of sp³-hybridized carbons (Fsp3) is 0.300. The van der Waals surface area contributed by atoms with Gasteiger partial charge in [-0.15, -0.1) is 12.8 Å². The lowest BCUT2D eigenvalue weighted by Crippen LogP contribution is -2.14. The minimum atomic E-state index is -0.298. The van der Waals surface area contributed by atoms with Crippen molar-refractivity contribution in [3.05, 3.63) is 113 Å². The zero-order valence-electron chi connectivity index (χ0n) is 20.2. The lowest BCUT2D eigenvalue weighted by molar-refractivity contribution is 0.148. The van der Waals surface area contributed by atoms with Gasteiger partial charge in [0.2, 0.25) is 0 Å². The molecule has 178 valence electrons. The quantitative estimate of drug-likeness (QED) is 0.266. The molecule has 2 aliphatic carbocycles. The number of aromatic nitrogens is 2. The van der Waals surface area contributed by atoms with Crippen molar-refractivity contribution >= 4 is 11.6 Å². The summed E-state index contributed by atoms with van der Waals surface area (Å²) < 4.78 is 8.75. The summed E-state index contributed by atoms with van der Waals surface area (Å²) in [5, 5.41) is 0.869. The smallest absolute Gasteiger partial charge is 0.181 e. The van der Waals surface area contributed by atoms with Crippen LogP contribution in [0.15, 0.2) is 107 Å². The lowest BCUT2D eigenvalue weighted by atomic mass is 10.0. The lowest BCUT2D eigenvalue weighted by Gasteiger charge is -2.23. The first kappa shape index (κ1) is 27.0. The second kappa shape index (κ2) is 15.6. The Morgan fingerprint density at radius 1 is 1.15 bits per heavy atom. The third kappa shape index (κ3) is 8.96. The molecule has 0 saturated heterocycles. The van der Waals surface area contributed by atoms with E-state index in [0.29, 0.717) is 0 Å². The Kier molecular flexibility index (Phi) is 12.4. The molecule has 0 bridgehead atoms. The summed E-state index contributed by atoms with van der Waals surface area (Å²) in [7, 11) is 0. The number of imidazole rings is 1. The van der Waals surface area contributed by atoms with E-state index >= 15 is 0 Å². The predicted molar refractivity (Wildman–Crippen MR) is 145 cm³/mol. The third-order valence-corrected chi connectivity index (χ3v) is 5.55. The zero-order valence-corrected chi connectivity index (χ0v) is 21.0. The van der Waals surface area contributed by atoms with E-state index in [2.05, 4.69) is 85.9 Å². The highest BCUT2D eigenvalue weighted by Crippen LogP contribution is 2.31. The van der Waals surface area contributed by atoms with Gasteiger partial charge in [-0.05, 0) is 50.3 Å². The van der Waals surface area contributed by atoms with Gasteiger partial charge in [0.15, 0.2) is 11.9 Å². The molecule has 0 saturated carbocycles. The SMILES string of the molecule is C#C.CC/C=C\C/C=C(\C)Cn1ccnc1C(OC1=CCC=CC=C1)C1=CC/C=C(/Cl)C/C=C\1. The standard InChI is InChI=1S/C28H33ClN2O.C2H2/c1-3-4-5-8-13-23(2)22-31-21-20-30-28(31)27(32-26-18-9-6-7-10-19-26)24-14-11-16-25(29)17-12-15-24;1-2/h4-7,9,11,13-15,17-21,27H,3,8,10,12,16,22H2,1-2H3;1-2H/b5-4-,14-11-,23-13+,24-15?,25-17+;. The summed E-state index contributed by atoms with van der Waals surface area (Å²) in [5.41, 5.74) is 2.40. The molecule has 4 heteroatoms. The molecule has 1 unspecified atom stereocenters. The fourth-order valence-corrected chi connectivity index (χ4v) is 3.77. The summed E-state index contributed by atoms with van der Waals surface area (Å²) in [5.74, 6) is 1.76. The van der Waals surface area contributed by atoms with Gasteiger partial charge < -0.3 is 9.30 Å². The van der Waals surface area contributed by atoms with E-state index in [0.717, 1.165) is 60.8 Å². The largest absolute Gasteiger partial charge is 0.478 e. The van der Waals surface area contributed by atoms with Crippen LogP contribution in [0, 0.1) is 12.8 Å². The van der Waals surface area contributed by atoms with Crippen LogP contribution in [0.3, 0.4) is 0 Å². The van der Waals surface area contributed by atoms with Crippen molar-refractivity contribution < 1.29 is 4.74 Å². The Hall–Kier alpha value is -3.22. The van der Waals surface area contributed by atoms with Crippen LogP contribution in [0.5, 0.6) is 0 Å². The highest BCUT2D eigenvalue weighted by Gasteiger charge is 2.23. The van der Waals surface area contributed by atoms with Crippen LogP contribution in [0.2, 0.25) is 0 Å². The predicted octanol–water partition coefficient (Wildman–Crippen LogP) is 8.29. The van der Waals surface area contributed by atoms with Gasteiger partial charge in [0.05, 0.1) is 0 Å². The first-order chi connectivity index (χ1) is 16.7. The summed E-state index contributed by atoms with van der Waals surface area (Å²) in [6.07, 6.45) is 41.4. The molecule has 0 radical (unpaired) electrons. The van der Waals surface area contributed by atoms with Crippen LogP contribution < -0.4 is 0 Å². The maximum Gasteiger partial charge on any atom is 0.181 e. The molecule has 0 aliphatic heterocycles. The molecule has 0 aromatic carbocycles. The molecular weight excluding hydrogens is 440 g/mol. The molecule has 0 fully saturated rings. The van der Waals surface area contributed by atoms with E-state index in [1.54, 1.807) is 0 Å². The number of terminal acetylenes is 1. The van der Waals surface area contributed by atoms with Crippen molar-refractivity contribution in [1.29, 1.82) is 0 Å². The van der Waals surface area contributed by atoms with Crippen molar-refractivity contribution in [3.8, 4) is 12.8 Å². The Morgan fingerprint density at radius 3 is 2.82 bits per heavy atom. The van der Waals surface area contributed by atoms with Crippen LogP contribution in [-0.4, -0.2) is 9.55 Å². The number of hydrogen-bond donors (Lipinski definition) is 0. The Labute approximate surface area is 210 Å². The van der Waals surface area contributed by atoms with E-state index < -0.39 is 0 Å². The minimum Gasteiger partial charge on any atom is -0.478 e. The van der Waals surface area contributed by atoms with Crippen LogP contribution >= 0.6 is 11.6 Å². The van der Waals surface area contributed by atoms with Gasteiger partial charge in [-0.1, -0.05) is 84.9 Å². The second-order valence-corrected chi connectivity index (χ2v) is 8.39. The zero-order chi connectivity index (χ0) is 24.6. The topological polar surface area (TPSA) is 27.1 Å². The summed E-state index contributed by atoms with van der Waals surface area (Å²) in [6, 6.07) is 0. The van der Waals surface area contributed by atoms with E-state index in [-0.39, 0.29) is 6.10 Å². The number of halogens is 1. The molecule has 0 amide bonds. The molecule has 0 spiro atoms. The summed E-state index contributed by atoms with van der Waals surface area (Å²) >= 11 is 6.23. The second-order valence-electron chi connectivity index (χ2n) is 7.90. The molecular formula is C30H35ClN2O. The molecule has 0 N–H and O–H groups in total. The van der Waals surface area contributed by atoms with Crippen molar-refractivity contribution in [2.24, 2.45) is 0 Å². The average molecular weight is 475 g/mol. The van der Waals surface area contributed by atoms with Crippen molar-refractivity contribution in [2.45, 2.75) is 58.6 Å². The summed E-state index contributed by atoms with van der Waals surface area (Å²) in [6.45, 7) is 5.11. The molecule has 1 atom stereocenters.